The Morgan fingerprint density at radius 1 is 0.283 bits per heavy atom. The van der Waals surface area contributed by atoms with Crippen LogP contribution in [0, 0.1) is 0 Å². The molecule has 0 aliphatic carbocycles. The van der Waals surface area contributed by atoms with Gasteiger partial charge in [-0.25, -0.2) is 0 Å². The highest BCUT2D eigenvalue weighted by Gasteiger charge is 2.15. The maximum absolute atomic E-state index is 9.56. The highest BCUT2D eigenvalue weighted by atomic mass is 15.1. The summed E-state index contributed by atoms with van der Waals surface area (Å²) >= 11 is 0. The Labute approximate surface area is 323 Å². The Morgan fingerprint density at radius 2 is 0.717 bits per heavy atom. The lowest BCUT2D eigenvalue weighted by Gasteiger charge is -2.26. The quantitative estimate of drug-likeness (QED) is 0.154. The smallest absolute Gasteiger partial charge is 0.0645 e. The van der Waals surface area contributed by atoms with Gasteiger partial charge >= 0.3 is 0 Å². The normalized spacial score (nSPS) is 13.1. The summed E-state index contributed by atoms with van der Waals surface area (Å²) in [5.41, 5.74) is 6.56. The molecule has 0 aliphatic heterocycles. The van der Waals surface area contributed by atoms with Gasteiger partial charge in [0.05, 0.1) is 11.0 Å². The van der Waals surface area contributed by atoms with Crippen LogP contribution in [0.15, 0.2) is 224 Å². The first kappa shape index (κ1) is 24.3. The molecule has 0 saturated heterocycles. The SMILES string of the molecule is [2H]c1c([2H])c(N(c2cccc(-c3cccc4ccccc34)c2)c2c([2H])c([2H])c(-c3cccc(-c4ccccc4)c3)c([2H])c2[2H])c([2H])c([2H])c1-c1ccc(-c2ccccc2)cc1. The van der Waals surface area contributed by atoms with E-state index in [1.165, 1.54) is 4.90 Å². The zero-order chi connectivity index (χ0) is 42.4. The minimum Gasteiger partial charge on any atom is -0.310 e. The van der Waals surface area contributed by atoms with Gasteiger partial charge in [-0.2, -0.15) is 0 Å². The van der Waals surface area contributed by atoms with E-state index in [-0.39, 0.29) is 46.7 Å². The molecule has 0 fully saturated rings. The fraction of sp³-hybridized carbons (Fsp3) is 0. The number of rotatable bonds is 8. The molecule has 9 aromatic carbocycles. The van der Waals surface area contributed by atoms with Gasteiger partial charge in [0.2, 0.25) is 0 Å². The summed E-state index contributed by atoms with van der Waals surface area (Å²) < 4.78 is 75.7. The second kappa shape index (κ2) is 14.3. The van der Waals surface area contributed by atoms with Crippen LogP contribution in [0.1, 0.15) is 11.0 Å². The minimum absolute atomic E-state index is 0.106. The molecule has 0 aliphatic rings. The Bertz CT molecular complexity index is 3050. The zero-order valence-corrected chi connectivity index (χ0v) is 28.7. The zero-order valence-electron chi connectivity index (χ0n) is 36.7. The molecule has 1 nitrogen and oxygen atoms in total. The molecular weight excluding hydrogens is 639 g/mol. The van der Waals surface area contributed by atoms with Gasteiger partial charge in [-0.05, 0) is 109 Å². The Hall–Kier alpha value is -6.96. The van der Waals surface area contributed by atoms with Crippen molar-refractivity contribution in [2.24, 2.45) is 0 Å². The van der Waals surface area contributed by atoms with Crippen LogP contribution in [0.3, 0.4) is 0 Å². The van der Waals surface area contributed by atoms with Gasteiger partial charge in [0.15, 0.2) is 0 Å². The number of nitrogens with zero attached hydrogens (tertiary/aromatic N) is 1. The summed E-state index contributed by atoms with van der Waals surface area (Å²) in [6.45, 7) is 0. The molecule has 53 heavy (non-hydrogen) atoms. The molecule has 0 aromatic heterocycles. The molecule has 0 radical (unpaired) electrons. The van der Waals surface area contributed by atoms with E-state index in [1.54, 1.807) is 30.3 Å². The standard InChI is InChI=1S/C52H37N/c1-3-12-38(13-4-1)40-24-26-41(27-25-40)42-28-32-48(33-29-42)53(50-21-10-20-47(37-50)52-23-11-17-44-16-7-8-22-51(44)52)49-34-30-43(31-35-49)46-19-9-18-45(36-46)39-14-5-2-6-15-39/h1-37H/i28D,29D,30D,31D,32D,33D,34D,35D. The van der Waals surface area contributed by atoms with Crippen molar-refractivity contribution in [2.45, 2.75) is 0 Å². The van der Waals surface area contributed by atoms with Gasteiger partial charge in [0.1, 0.15) is 0 Å². The summed E-state index contributed by atoms with van der Waals surface area (Å²) in [5.74, 6) is 0. The van der Waals surface area contributed by atoms with E-state index in [0.717, 1.165) is 44.2 Å². The van der Waals surface area contributed by atoms with Gasteiger partial charge < -0.3 is 4.90 Å². The van der Waals surface area contributed by atoms with Crippen molar-refractivity contribution < 1.29 is 11.0 Å². The van der Waals surface area contributed by atoms with Gasteiger partial charge in [0, 0.05) is 17.1 Å². The highest BCUT2D eigenvalue weighted by Crippen LogP contribution is 2.40. The molecular formula is C52H37N. The van der Waals surface area contributed by atoms with Gasteiger partial charge in [-0.15, -0.1) is 0 Å². The van der Waals surface area contributed by atoms with Crippen LogP contribution in [0.5, 0.6) is 0 Å². The molecule has 0 atom stereocenters. The van der Waals surface area contributed by atoms with E-state index >= 15 is 0 Å². The molecule has 0 spiro atoms. The van der Waals surface area contributed by atoms with Crippen molar-refractivity contribution in [1.29, 1.82) is 0 Å². The summed E-state index contributed by atoms with van der Waals surface area (Å²) in [7, 11) is 0. The molecule has 250 valence electrons. The number of fused-ring (bicyclic) bond motifs is 1. The van der Waals surface area contributed by atoms with E-state index in [2.05, 4.69) is 0 Å². The fourth-order valence-electron chi connectivity index (χ4n) is 6.73. The van der Waals surface area contributed by atoms with E-state index in [0.29, 0.717) is 16.8 Å². The van der Waals surface area contributed by atoms with Gasteiger partial charge in [0.25, 0.3) is 0 Å². The summed E-state index contributed by atoms with van der Waals surface area (Å²) in [4.78, 5) is 1.36. The van der Waals surface area contributed by atoms with Gasteiger partial charge in [-0.1, -0.05) is 182 Å². The van der Waals surface area contributed by atoms with E-state index < -0.39 is 24.2 Å². The second-order valence-corrected chi connectivity index (χ2v) is 12.7. The molecule has 0 saturated carbocycles. The van der Waals surface area contributed by atoms with Crippen molar-refractivity contribution in [3.05, 3.63) is 224 Å². The van der Waals surface area contributed by atoms with E-state index in [4.69, 9.17) is 0 Å². The van der Waals surface area contributed by atoms with Gasteiger partial charge in [-0.3, -0.25) is 0 Å². The summed E-state index contributed by atoms with van der Waals surface area (Å²) in [6.07, 6.45) is 0. The van der Waals surface area contributed by atoms with Crippen molar-refractivity contribution in [3.8, 4) is 55.6 Å². The molecule has 0 amide bonds. The average molecular weight is 684 g/mol. The number of benzene rings is 9. The van der Waals surface area contributed by atoms with Crippen LogP contribution in [-0.4, -0.2) is 0 Å². The van der Waals surface area contributed by atoms with Crippen LogP contribution in [0.25, 0.3) is 66.4 Å². The average Bonchev–Trinajstić information content (AvgIpc) is 3.30. The van der Waals surface area contributed by atoms with Crippen LogP contribution < -0.4 is 4.90 Å². The van der Waals surface area contributed by atoms with Crippen LogP contribution in [0.2, 0.25) is 0 Å². The van der Waals surface area contributed by atoms with Crippen molar-refractivity contribution in [2.75, 3.05) is 4.90 Å². The highest BCUT2D eigenvalue weighted by molar-refractivity contribution is 5.97. The van der Waals surface area contributed by atoms with E-state index in [9.17, 15) is 11.0 Å². The maximum Gasteiger partial charge on any atom is 0.0645 e. The Balaban J connectivity index is 1.26. The summed E-state index contributed by atoms with van der Waals surface area (Å²) in [6, 6.07) is 52.7. The molecule has 1 heteroatoms. The first-order valence-corrected chi connectivity index (χ1v) is 17.5. The predicted molar refractivity (Wildman–Crippen MR) is 226 cm³/mol. The number of hydrogen-bond acceptors (Lipinski definition) is 1. The molecule has 0 unspecified atom stereocenters. The van der Waals surface area contributed by atoms with Crippen LogP contribution in [0.4, 0.5) is 17.1 Å². The number of anilines is 3. The molecule has 0 bridgehead atoms. The number of hydrogen-bond donors (Lipinski definition) is 0. The van der Waals surface area contributed by atoms with Crippen LogP contribution in [-0.2, 0) is 0 Å². The third kappa shape index (κ3) is 6.65. The predicted octanol–water partition coefficient (Wildman–Crippen LogP) is 14.6. The van der Waals surface area contributed by atoms with Crippen molar-refractivity contribution in [3.63, 3.8) is 0 Å². The largest absolute Gasteiger partial charge is 0.310 e. The third-order valence-corrected chi connectivity index (χ3v) is 9.41. The minimum atomic E-state index is -0.394. The topological polar surface area (TPSA) is 3.24 Å². The molecule has 9 rings (SSSR count). The summed E-state index contributed by atoms with van der Waals surface area (Å²) in [5, 5.41) is 2.02. The lowest BCUT2D eigenvalue weighted by molar-refractivity contribution is 1.28. The Kier molecular flexibility index (Phi) is 6.57. The molecule has 0 heterocycles. The third-order valence-electron chi connectivity index (χ3n) is 9.41. The molecule has 9 aromatic rings. The van der Waals surface area contributed by atoms with Crippen LogP contribution >= 0.6 is 0 Å². The Morgan fingerprint density at radius 3 is 1.38 bits per heavy atom. The fourth-order valence-corrected chi connectivity index (χ4v) is 6.73. The maximum atomic E-state index is 9.56. The second-order valence-electron chi connectivity index (χ2n) is 12.7. The van der Waals surface area contributed by atoms with Crippen molar-refractivity contribution in [1.82, 2.24) is 0 Å². The van der Waals surface area contributed by atoms with E-state index in [1.807, 2.05) is 146 Å². The lowest BCUT2D eigenvalue weighted by atomic mass is 9.97. The monoisotopic (exact) mass is 683 g/mol. The first-order valence-electron chi connectivity index (χ1n) is 21.5. The molecule has 0 N–H and O–H groups in total. The first-order chi connectivity index (χ1) is 29.6. The lowest BCUT2D eigenvalue weighted by Crippen LogP contribution is -2.10. The van der Waals surface area contributed by atoms with Crippen molar-refractivity contribution >= 4 is 27.8 Å².